The normalized spacial score (nSPS) is 23.4. The molecule has 3 aliphatic heterocycles. The van der Waals surface area contributed by atoms with Crippen LogP contribution in [0.1, 0.15) is 30.1 Å². The molecule has 2 N–H and O–H groups in total. The van der Waals surface area contributed by atoms with Crippen molar-refractivity contribution in [3.05, 3.63) is 30.0 Å². The number of hydrogen-bond acceptors (Lipinski definition) is 6. The highest BCUT2D eigenvalue weighted by Gasteiger charge is 2.54. The maximum atomic E-state index is 13.3. The summed E-state index contributed by atoms with van der Waals surface area (Å²) in [7, 11) is 1.87. The van der Waals surface area contributed by atoms with Gasteiger partial charge in [-0.15, -0.1) is 0 Å². The van der Waals surface area contributed by atoms with Gasteiger partial charge in [0.25, 0.3) is 11.8 Å². The van der Waals surface area contributed by atoms with E-state index in [0.717, 1.165) is 35.5 Å². The lowest BCUT2D eigenvalue weighted by Gasteiger charge is -2.53. The van der Waals surface area contributed by atoms with Crippen LogP contribution in [0.15, 0.2) is 29.4 Å². The maximum absolute atomic E-state index is 13.3. The SMILES string of the molecule is CC(C(=O)N1CC2(CCCN2C(=O)c2ccc3c(cnn3C)c2)C1)C1SC(N)=NC1=O. The highest BCUT2D eigenvalue weighted by molar-refractivity contribution is 8.15. The fourth-order valence-corrected chi connectivity index (χ4v) is 5.85. The van der Waals surface area contributed by atoms with Crippen LogP contribution in [0.3, 0.4) is 0 Å². The Balaban J connectivity index is 1.29. The van der Waals surface area contributed by atoms with Gasteiger partial charge in [-0.05, 0) is 31.0 Å². The zero-order valence-corrected chi connectivity index (χ0v) is 18.3. The number of aryl methyl sites for hydroxylation is 1. The second-order valence-corrected chi connectivity index (χ2v) is 9.80. The Kier molecular flexibility index (Phi) is 4.58. The molecule has 4 heterocycles. The average Bonchev–Trinajstić information content (AvgIpc) is 3.41. The quantitative estimate of drug-likeness (QED) is 0.761. The molecule has 0 aliphatic carbocycles. The number of carbonyl (C=O) groups excluding carboxylic acids is 3. The third-order valence-electron chi connectivity index (χ3n) is 6.67. The largest absolute Gasteiger partial charge is 0.378 e. The van der Waals surface area contributed by atoms with E-state index in [4.69, 9.17) is 5.73 Å². The monoisotopic (exact) mass is 440 g/mol. The van der Waals surface area contributed by atoms with E-state index in [2.05, 4.69) is 10.1 Å². The Bertz CT molecular complexity index is 1140. The van der Waals surface area contributed by atoms with E-state index in [1.807, 2.05) is 30.1 Å². The maximum Gasteiger partial charge on any atom is 0.262 e. The summed E-state index contributed by atoms with van der Waals surface area (Å²) in [5.74, 6) is -0.941. The van der Waals surface area contributed by atoms with Crippen molar-refractivity contribution in [2.45, 2.75) is 30.6 Å². The molecule has 1 aromatic heterocycles. The van der Waals surface area contributed by atoms with Crippen LogP contribution in [0.4, 0.5) is 0 Å². The van der Waals surface area contributed by atoms with Crippen molar-refractivity contribution in [1.82, 2.24) is 19.6 Å². The van der Waals surface area contributed by atoms with Crippen molar-refractivity contribution < 1.29 is 14.4 Å². The van der Waals surface area contributed by atoms with Crippen molar-refractivity contribution in [3.63, 3.8) is 0 Å². The smallest absolute Gasteiger partial charge is 0.262 e. The lowest BCUT2D eigenvalue weighted by molar-refractivity contribution is -0.147. The predicted octanol–water partition coefficient (Wildman–Crippen LogP) is 0.983. The number of aliphatic imine (C=N–C) groups is 1. The summed E-state index contributed by atoms with van der Waals surface area (Å²) in [6.45, 7) is 3.43. The predicted molar refractivity (Wildman–Crippen MR) is 117 cm³/mol. The number of rotatable bonds is 3. The number of likely N-dealkylation sites (tertiary alicyclic amines) is 2. The van der Waals surface area contributed by atoms with Gasteiger partial charge in [-0.2, -0.15) is 10.1 Å². The summed E-state index contributed by atoms with van der Waals surface area (Å²) in [4.78, 5) is 45.7. The van der Waals surface area contributed by atoms with Crippen LogP contribution in [-0.2, 0) is 16.6 Å². The Morgan fingerprint density at radius 1 is 1.32 bits per heavy atom. The number of amidine groups is 1. The van der Waals surface area contributed by atoms with E-state index in [0.29, 0.717) is 25.2 Å². The second-order valence-electron chi connectivity index (χ2n) is 8.64. The van der Waals surface area contributed by atoms with Gasteiger partial charge in [-0.25, -0.2) is 0 Å². The molecule has 2 atom stereocenters. The van der Waals surface area contributed by atoms with E-state index in [1.165, 1.54) is 0 Å². The number of fused-ring (bicyclic) bond motifs is 1. The number of carbonyl (C=O) groups is 3. The number of aromatic nitrogens is 2. The molecule has 0 radical (unpaired) electrons. The molecule has 1 spiro atoms. The van der Waals surface area contributed by atoms with Gasteiger partial charge in [-0.3, -0.25) is 19.1 Å². The van der Waals surface area contributed by atoms with Crippen LogP contribution >= 0.6 is 11.8 Å². The van der Waals surface area contributed by atoms with Crippen LogP contribution in [0.2, 0.25) is 0 Å². The van der Waals surface area contributed by atoms with Gasteiger partial charge in [-0.1, -0.05) is 18.7 Å². The zero-order chi connectivity index (χ0) is 21.9. The molecule has 3 aliphatic rings. The fraction of sp³-hybridized carbons (Fsp3) is 0.476. The lowest BCUT2D eigenvalue weighted by atomic mass is 9.85. The highest BCUT2D eigenvalue weighted by Crippen LogP contribution is 2.40. The molecule has 1 aromatic carbocycles. The van der Waals surface area contributed by atoms with E-state index < -0.39 is 11.2 Å². The summed E-state index contributed by atoms with van der Waals surface area (Å²) in [6, 6.07) is 5.64. The standard InChI is InChI=1S/C21H24N6O3S/c1-12(16-17(28)24-20(22)31-16)18(29)26-10-21(11-26)6-3-7-27(21)19(30)13-4-5-15-14(8-13)9-23-25(15)2/h4-5,8-9,12,16H,3,6-7,10-11H2,1-2H3,(H2,22,24,28). The van der Waals surface area contributed by atoms with Crippen LogP contribution in [0.5, 0.6) is 0 Å². The van der Waals surface area contributed by atoms with Crippen LogP contribution in [0, 0.1) is 5.92 Å². The van der Waals surface area contributed by atoms with Gasteiger partial charge in [0.05, 0.1) is 23.2 Å². The third-order valence-corrected chi connectivity index (χ3v) is 7.87. The van der Waals surface area contributed by atoms with Gasteiger partial charge < -0.3 is 15.5 Å². The summed E-state index contributed by atoms with van der Waals surface area (Å²) >= 11 is 1.15. The third kappa shape index (κ3) is 3.12. The first-order valence-electron chi connectivity index (χ1n) is 10.4. The minimum atomic E-state index is -0.559. The zero-order valence-electron chi connectivity index (χ0n) is 17.4. The van der Waals surface area contributed by atoms with E-state index >= 15 is 0 Å². The molecule has 2 saturated heterocycles. The van der Waals surface area contributed by atoms with Gasteiger partial charge >= 0.3 is 0 Å². The summed E-state index contributed by atoms with van der Waals surface area (Å²) in [6.07, 6.45) is 3.55. The Labute approximate surface area is 183 Å². The van der Waals surface area contributed by atoms with Gasteiger partial charge in [0, 0.05) is 37.6 Å². The summed E-state index contributed by atoms with van der Waals surface area (Å²) < 4.78 is 1.78. The summed E-state index contributed by atoms with van der Waals surface area (Å²) in [5.41, 5.74) is 6.93. The van der Waals surface area contributed by atoms with Crippen molar-refractivity contribution in [1.29, 1.82) is 0 Å². The van der Waals surface area contributed by atoms with Crippen molar-refractivity contribution in [2.75, 3.05) is 19.6 Å². The number of hydrogen-bond donors (Lipinski definition) is 1. The molecule has 162 valence electrons. The average molecular weight is 441 g/mol. The first-order chi connectivity index (χ1) is 14.8. The number of benzene rings is 1. The molecule has 9 nitrogen and oxygen atoms in total. The lowest BCUT2D eigenvalue weighted by Crippen LogP contribution is -2.70. The van der Waals surface area contributed by atoms with Gasteiger partial charge in [0.15, 0.2) is 5.17 Å². The molecule has 2 aromatic rings. The molecule has 31 heavy (non-hydrogen) atoms. The van der Waals surface area contributed by atoms with Crippen LogP contribution in [-0.4, -0.2) is 72.9 Å². The van der Waals surface area contributed by atoms with Gasteiger partial charge in [0.2, 0.25) is 5.91 Å². The topological polar surface area (TPSA) is 114 Å². The Hall–Kier alpha value is -2.88. The Morgan fingerprint density at radius 3 is 2.81 bits per heavy atom. The highest BCUT2D eigenvalue weighted by atomic mass is 32.2. The van der Waals surface area contributed by atoms with Crippen LogP contribution < -0.4 is 5.73 Å². The molecule has 0 saturated carbocycles. The van der Waals surface area contributed by atoms with Crippen molar-refractivity contribution >= 4 is 45.6 Å². The fourth-order valence-electron chi connectivity index (χ4n) is 4.97. The van der Waals surface area contributed by atoms with E-state index in [-0.39, 0.29) is 28.4 Å². The van der Waals surface area contributed by atoms with Crippen molar-refractivity contribution in [3.8, 4) is 0 Å². The first kappa shape index (κ1) is 20.0. The molecule has 2 unspecified atom stereocenters. The molecular weight excluding hydrogens is 416 g/mol. The van der Waals surface area contributed by atoms with E-state index in [9.17, 15) is 14.4 Å². The number of nitrogens with zero attached hydrogens (tertiary/aromatic N) is 5. The number of nitrogens with two attached hydrogens (primary N) is 1. The molecule has 0 bridgehead atoms. The molecule has 10 heteroatoms. The second kappa shape index (κ2) is 7.08. The molecule has 3 amide bonds. The minimum Gasteiger partial charge on any atom is -0.378 e. The molecule has 5 rings (SSSR count). The molecular formula is C21H24N6O3S. The van der Waals surface area contributed by atoms with Crippen molar-refractivity contribution in [2.24, 2.45) is 23.7 Å². The van der Waals surface area contributed by atoms with Crippen LogP contribution in [0.25, 0.3) is 10.9 Å². The van der Waals surface area contributed by atoms with Gasteiger partial charge in [0.1, 0.15) is 5.25 Å². The summed E-state index contributed by atoms with van der Waals surface area (Å²) in [5, 5.41) is 4.83. The molecule has 2 fully saturated rings. The first-order valence-corrected chi connectivity index (χ1v) is 11.2. The number of thioether (sulfide) groups is 1. The Morgan fingerprint density at radius 2 is 2.10 bits per heavy atom. The minimum absolute atomic E-state index is 0.00824. The van der Waals surface area contributed by atoms with E-state index in [1.54, 1.807) is 22.7 Å². The number of amides is 3.